The first-order valence-electron chi connectivity index (χ1n) is 10.8. The average molecular weight is 439 g/mol. The Morgan fingerprint density at radius 1 is 1.17 bits per heavy atom. The molecule has 0 N–H and O–H groups in total. The van der Waals surface area contributed by atoms with Gasteiger partial charge < -0.3 is 14.5 Å². The van der Waals surface area contributed by atoms with Crippen molar-refractivity contribution in [3.05, 3.63) is 35.4 Å². The summed E-state index contributed by atoms with van der Waals surface area (Å²) >= 11 is 1.89. The minimum absolute atomic E-state index is 0.121. The molecule has 3 fully saturated rings. The number of piperidine rings is 1. The molecule has 2 atom stereocenters. The van der Waals surface area contributed by atoms with Gasteiger partial charge in [0, 0.05) is 50.0 Å². The van der Waals surface area contributed by atoms with Crippen molar-refractivity contribution in [2.45, 2.75) is 44.2 Å². The van der Waals surface area contributed by atoms with Crippen LogP contribution in [0.3, 0.4) is 0 Å². The van der Waals surface area contributed by atoms with Crippen molar-refractivity contribution in [2.75, 3.05) is 37.7 Å². The number of amides is 2. The standard InChI is InChI=1S/C22H28F2N2O3S/c23-16-3-4-19(20(24)12-16)22(28)25-8-5-15(6-9-25)21(27)26(17-7-11-30-14-17)13-18-2-1-10-29-18/h3-4,12,15,17-18H,1-2,5-11,13-14H2. The van der Waals surface area contributed by atoms with E-state index in [0.29, 0.717) is 32.5 Å². The fourth-order valence-electron chi connectivity index (χ4n) is 4.59. The minimum atomic E-state index is -0.848. The molecule has 0 saturated carbocycles. The van der Waals surface area contributed by atoms with Crippen LogP contribution in [0.25, 0.3) is 0 Å². The number of ether oxygens (including phenoxy) is 1. The van der Waals surface area contributed by atoms with Crippen molar-refractivity contribution in [3.8, 4) is 0 Å². The smallest absolute Gasteiger partial charge is 0.256 e. The molecule has 3 heterocycles. The Labute approximate surface area is 180 Å². The van der Waals surface area contributed by atoms with E-state index in [-0.39, 0.29) is 29.5 Å². The summed E-state index contributed by atoms with van der Waals surface area (Å²) in [5.41, 5.74) is -0.121. The predicted octanol–water partition coefficient (Wildman–Crippen LogP) is 3.33. The number of nitrogens with zero attached hydrogens (tertiary/aromatic N) is 2. The number of carbonyl (C=O) groups excluding carboxylic acids is 2. The predicted molar refractivity (Wildman–Crippen MR) is 111 cm³/mol. The monoisotopic (exact) mass is 438 g/mol. The second kappa shape index (κ2) is 9.64. The van der Waals surface area contributed by atoms with Crippen molar-refractivity contribution in [1.29, 1.82) is 0 Å². The number of rotatable bonds is 5. The van der Waals surface area contributed by atoms with Gasteiger partial charge in [-0.25, -0.2) is 8.78 Å². The first-order valence-corrected chi connectivity index (χ1v) is 11.9. The van der Waals surface area contributed by atoms with Gasteiger partial charge in [-0.2, -0.15) is 11.8 Å². The second-order valence-corrected chi connectivity index (χ2v) is 9.48. The molecule has 164 valence electrons. The van der Waals surface area contributed by atoms with Crippen molar-refractivity contribution in [1.82, 2.24) is 9.80 Å². The zero-order valence-electron chi connectivity index (χ0n) is 17.0. The van der Waals surface area contributed by atoms with Crippen LogP contribution in [-0.4, -0.2) is 71.5 Å². The third-order valence-corrected chi connectivity index (χ3v) is 7.49. The highest BCUT2D eigenvalue weighted by molar-refractivity contribution is 7.99. The molecule has 30 heavy (non-hydrogen) atoms. The summed E-state index contributed by atoms with van der Waals surface area (Å²) < 4.78 is 32.9. The third kappa shape index (κ3) is 4.80. The molecule has 3 aliphatic rings. The lowest BCUT2D eigenvalue weighted by atomic mass is 9.93. The van der Waals surface area contributed by atoms with Crippen LogP contribution < -0.4 is 0 Å². The van der Waals surface area contributed by atoms with Crippen molar-refractivity contribution in [2.24, 2.45) is 5.92 Å². The molecule has 0 spiro atoms. The fraction of sp³-hybridized carbons (Fsp3) is 0.636. The summed E-state index contributed by atoms with van der Waals surface area (Å²) in [6.45, 7) is 2.23. The van der Waals surface area contributed by atoms with Crippen LogP contribution in [-0.2, 0) is 9.53 Å². The fourth-order valence-corrected chi connectivity index (χ4v) is 5.82. The van der Waals surface area contributed by atoms with E-state index in [0.717, 1.165) is 49.5 Å². The summed E-state index contributed by atoms with van der Waals surface area (Å²) in [4.78, 5) is 29.6. The van der Waals surface area contributed by atoms with Gasteiger partial charge in [-0.1, -0.05) is 0 Å². The number of benzene rings is 1. The minimum Gasteiger partial charge on any atom is -0.376 e. The average Bonchev–Trinajstić information content (AvgIpc) is 3.45. The van der Waals surface area contributed by atoms with Crippen LogP contribution in [0.2, 0.25) is 0 Å². The van der Waals surface area contributed by atoms with E-state index in [1.807, 2.05) is 16.7 Å². The van der Waals surface area contributed by atoms with Crippen molar-refractivity contribution < 1.29 is 23.1 Å². The van der Waals surface area contributed by atoms with Gasteiger partial charge in [-0.05, 0) is 50.0 Å². The maximum absolute atomic E-state index is 14.0. The lowest BCUT2D eigenvalue weighted by molar-refractivity contribution is -0.140. The Morgan fingerprint density at radius 2 is 1.97 bits per heavy atom. The molecule has 2 unspecified atom stereocenters. The zero-order chi connectivity index (χ0) is 21.1. The molecule has 0 aliphatic carbocycles. The molecular formula is C22H28F2N2O3S. The molecule has 3 aliphatic heterocycles. The zero-order valence-corrected chi connectivity index (χ0v) is 17.8. The Bertz CT molecular complexity index is 774. The Hall–Kier alpha value is -1.67. The lowest BCUT2D eigenvalue weighted by Crippen LogP contribution is -2.50. The van der Waals surface area contributed by atoms with Gasteiger partial charge in [0.15, 0.2) is 0 Å². The first kappa shape index (κ1) is 21.6. The van der Waals surface area contributed by atoms with Crippen LogP contribution >= 0.6 is 11.8 Å². The third-order valence-electron chi connectivity index (χ3n) is 6.35. The summed E-state index contributed by atoms with van der Waals surface area (Å²) in [6, 6.07) is 3.27. The van der Waals surface area contributed by atoms with E-state index in [1.54, 1.807) is 4.90 Å². The maximum Gasteiger partial charge on any atom is 0.256 e. The van der Waals surface area contributed by atoms with Crippen molar-refractivity contribution >= 4 is 23.6 Å². The van der Waals surface area contributed by atoms with Gasteiger partial charge in [-0.3, -0.25) is 9.59 Å². The summed E-state index contributed by atoms with van der Waals surface area (Å²) in [6.07, 6.45) is 4.32. The molecule has 4 rings (SSSR count). The number of thioether (sulfide) groups is 1. The largest absolute Gasteiger partial charge is 0.376 e. The Morgan fingerprint density at radius 3 is 2.60 bits per heavy atom. The molecular weight excluding hydrogens is 410 g/mol. The summed E-state index contributed by atoms with van der Waals surface area (Å²) in [7, 11) is 0. The molecule has 0 aromatic heterocycles. The molecule has 0 radical (unpaired) electrons. The van der Waals surface area contributed by atoms with Crippen molar-refractivity contribution in [3.63, 3.8) is 0 Å². The molecule has 8 heteroatoms. The van der Waals surface area contributed by atoms with Crippen LogP contribution in [0, 0.1) is 17.6 Å². The van der Waals surface area contributed by atoms with Gasteiger partial charge in [0.05, 0.1) is 11.7 Å². The normalized spacial score (nSPS) is 24.9. The van der Waals surface area contributed by atoms with Crippen LogP contribution in [0.15, 0.2) is 18.2 Å². The van der Waals surface area contributed by atoms with Crippen LogP contribution in [0.5, 0.6) is 0 Å². The van der Waals surface area contributed by atoms with Crippen LogP contribution in [0.1, 0.15) is 42.5 Å². The highest BCUT2D eigenvalue weighted by Crippen LogP contribution is 2.29. The number of halogens is 2. The molecule has 3 saturated heterocycles. The Kier molecular flexibility index (Phi) is 6.93. The number of hydrogen-bond acceptors (Lipinski definition) is 4. The summed E-state index contributed by atoms with van der Waals surface area (Å²) in [5.74, 6) is 0.0962. The van der Waals surface area contributed by atoms with Gasteiger partial charge >= 0.3 is 0 Å². The molecule has 0 bridgehead atoms. The van der Waals surface area contributed by atoms with E-state index in [2.05, 4.69) is 0 Å². The topological polar surface area (TPSA) is 49.9 Å². The SMILES string of the molecule is O=C(c1ccc(F)cc1F)N1CCC(C(=O)N(CC2CCCO2)C2CCSC2)CC1. The molecule has 1 aromatic carbocycles. The molecule has 5 nitrogen and oxygen atoms in total. The number of carbonyl (C=O) groups is 2. The highest BCUT2D eigenvalue weighted by Gasteiger charge is 2.36. The van der Waals surface area contributed by atoms with Gasteiger partial charge in [-0.15, -0.1) is 0 Å². The van der Waals surface area contributed by atoms with E-state index >= 15 is 0 Å². The van der Waals surface area contributed by atoms with E-state index in [4.69, 9.17) is 4.74 Å². The Balaban J connectivity index is 1.37. The van der Waals surface area contributed by atoms with E-state index in [1.165, 1.54) is 6.07 Å². The summed E-state index contributed by atoms with van der Waals surface area (Å²) in [5, 5.41) is 0. The van der Waals surface area contributed by atoms with Crippen LogP contribution in [0.4, 0.5) is 8.78 Å². The molecule has 2 amide bonds. The maximum atomic E-state index is 14.0. The van der Waals surface area contributed by atoms with Gasteiger partial charge in [0.1, 0.15) is 11.6 Å². The van der Waals surface area contributed by atoms with E-state index < -0.39 is 17.5 Å². The highest BCUT2D eigenvalue weighted by atomic mass is 32.2. The lowest BCUT2D eigenvalue weighted by Gasteiger charge is -2.37. The number of likely N-dealkylation sites (tertiary alicyclic amines) is 1. The molecule has 1 aromatic rings. The second-order valence-electron chi connectivity index (χ2n) is 8.33. The van der Waals surface area contributed by atoms with E-state index in [9.17, 15) is 18.4 Å². The quantitative estimate of drug-likeness (QED) is 0.708. The van der Waals surface area contributed by atoms with Gasteiger partial charge in [0.2, 0.25) is 5.91 Å². The number of hydrogen-bond donors (Lipinski definition) is 0. The van der Waals surface area contributed by atoms with Gasteiger partial charge in [0.25, 0.3) is 5.91 Å². The first-order chi connectivity index (χ1) is 14.5.